The van der Waals surface area contributed by atoms with Crippen molar-refractivity contribution in [3.63, 3.8) is 0 Å². The van der Waals surface area contributed by atoms with Gasteiger partial charge in [-0.15, -0.1) is 0 Å². The minimum Gasteiger partial charge on any atom is -0.372 e. The van der Waals surface area contributed by atoms with E-state index in [1.807, 2.05) is 12.4 Å². The quantitative estimate of drug-likeness (QED) is 0.936. The summed E-state index contributed by atoms with van der Waals surface area (Å²) in [7, 11) is 0. The lowest BCUT2D eigenvalue weighted by atomic mass is 9.79. The Kier molecular flexibility index (Phi) is 3.68. The molecule has 2 heterocycles. The predicted octanol–water partition coefficient (Wildman–Crippen LogP) is 3.80. The van der Waals surface area contributed by atoms with Crippen LogP contribution < -0.4 is 5.73 Å². The summed E-state index contributed by atoms with van der Waals surface area (Å²) < 4.78 is 5.77. The number of benzene rings is 1. The van der Waals surface area contributed by atoms with Crippen molar-refractivity contribution in [2.24, 2.45) is 5.73 Å². The van der Waals surface area contributed by atoms with E-state index in [0.717, 1.165) is 30.1 Å². The van der Waals surface area contributed by atoms with E-state index in [1.165, 1.54) is 30.4 Å². The van der Waals surface area contributed by atoms with Crippen molar-refractivity contribution < 1.29 is 4.74 Å². The minimum atomic E-state index is -0.0118. The maximum atomic E-state index is 6.14. The molecule has 114 valence electrons. The Bertz CT molecular complexity index is 666. The molecule has 3 heteroatoms. The van der Waals surface area contributed by atoms with Crippen LogP contribution in [0.25, 0.3) is 11.1 Å². The van der Waals surface area contributed by atoms with Crippen molar-refractivity contribution in [3.05, 3.63) is 53.9 Å². The van der Waals surface area contributed by atoms with Gasteiger partial charge in [0.25, 0.3) is 0 Å². The minimum absolute atomic E-state index is 0.0118. The van der Waals surface area contributed by atoms with E-state index in [4.69, 9.17) is 10.5 Å². The van der Waals surface area contributed by atoms with Crippen molar-refractivity contribution in [1.82, 2.24) is 4.98 Å². The molecule has 0 radical (unpaired) electrons. The van der Waals surface area contributed by atoms with E-state index in [0.29, 0.717) is 0 Å². The number of rotatable bonds is 3. The largest absolute Gasteiger partial charge is 0.372 e. The van der Waals surface area contributed by atoms with Crippen molar-refractivity contribution in [2.75, 3.05) is 6.61 Å². The molecular weight excluding hydrogens is 272 g/mol. The average Bonchev–Trinajstić information content (AvgIpc) is 2.92. The summed E-state index contributed by atoms with van der Waals surface area (Å²) in [6.07, 6.45) is 8.75. The second-order valence-corrected chi connectivity index (χ2v) is 6.50. The average molecular weight is 294 g/mol. The maximum Gasteiger partial charge on any atom is 0.0991 e. The van der Waals surface area contributed by atoms with Crippen LogP contribution in [0, 0.1) is 0 Å². The third-order valence-electron chi connectivity index (χ3n) is 5.02. The van der Waals surface area contributed by atoms with Crippen LogP contribution in [0.4, 0.5) is 0 Å². The number of nitrogens with two attached hydrogens (primary N) is 1. The summed E-state index contributed by atoms with van der Waals surface area (Å²) in [6.45, 7) is 0.743. The third kappa shape index (κ3) is 2.55. The van der Waals surface area contributed by atoms with Crippen LogP contribution >= 0.6 is 0 Å². The Labute approximate surface area is 131 Å². The first-order valence-corrected chi connectivity index (χ1v) is 8.24. The first-order valence-electron chi connectivity index (χ1n) is 8.24. The zero-order valence-corrected chi connectivity index (χ0v) is 12.7. The second kappa shape index (κ2) is 5.82. The summed E-state index contributed by atoms with van der Waals surface area (Å²) in [6, 6.07) is 11.2. The lowest BCUT2D eigenvalue weighted by Gasteiger charge is -2.26. The molecule has 1 aliphatic carbocycles. The molecule has 1 aliphatic heterocycles. The lowest BCUT2D eigenvalue weighted by molar-refractivity contribution is 0.105. The summed E-state index contributed by atoms with van der Waals surface area (Å²) >= 11 is 0. The van der Waals surface area contributed by atoms with E-state index < -0.39 is 0 Å². The van der Waals surface area contributed by atoms with Gasteiger partial charge in [-0.3, -0.25) is 4.98 Å². The Balaban J connectivity index is 1.64. The Morgan fingerprint density at radius 3 is 2.59 bits per heavy atom. The predicted molar refractivity (Wildman–Crippen MR) is 87.6 cm³/mol. The van der Waals surface area contributed by atoms with E-state index >= 15 is 0 Å². The summed E-state index contributed by atoms with van der Waals surface area (Å²) in [5, 5.41) is 0. The molecule has 2 N–H and O–H groups in total. The fraction of sp³-hybridized carbons (Fsp3) is 0.421. The standard InChI is InChI=1S/C19H22N2O/c20-18-7-8-22-19(18)17-10-16(11-21-12-17)15-6-2-5-14(9-15)13-3-1-4-13/h2,5-6,9-13,18-19H,1,3-4,7-8,20H2/t18-,19+/m1/s1. The van der Waals surface area contributed by atoms with E-state index in [9.17, 15) is 0 Å². The fourth-order valence-corrected chi connectivity index (χ4v) is 3.43. The van der Waals surface area contributed by atoms with Gasteiger partial charge in [0, 0.05) is 36.2 Å². The van der Waals surface area contributed by atoms with Gasteiger partial charge in [-0.2, -0.15) is 0 Å². The third-order valence-corrected chi connectivity index (χ3v) is 5.02. The van der Waals surface area contributed by atoms with Crippen LogP contribution in [0.3, 0.4) is 0 Å². The number of aromatic nitrogens is 1. The molecule has 3 nitrogen and oxygen atoms in total. The van der Waals surface area contributed by atoms with Crippen LogP contribution in [0.15, 0.2) is 42.7 Å². The molecule has 0 unspecified atom stereocenters. The van der Waals surface area contributed by atoms with Gasteiger partial charge in [0.15, 0.2) is 0 Å². The molecule has 0 bridgehead atoms. The van der Waals surface area contributed by atoms with Crippen LogP contribution in [0.5, 0.6) is 0 Å². The zero-order chi connectivity index (χ0) is 14.9. The molecule has 0 amide bonds. The van der Waals surface area contributed by atoms with Gasteiger partial charge < -0.3 is 10.5 Å². The Morgan fingerprint density at radius 2 is 1.86 bits per heavy atom. The monoisotopic (exact) mass is 294 g/mol. The first-order chi connectivity index (χ1) is 10.8. The summed E-state index contributed by atoms with van der Waals surface area (Å²) in [5.41, 5.74) is 11.1. The van der Waals surface area contributed by atoms with Gasteiger partial charge in [0.1, 0.15) is 0 Å². The van der Waals surface area contributed by atoms with E-state index in [1.54, 1.807) is 0 Å². The molecule has 2 fully saturated rings. The SMILES string of the molecule is N[C@@H]1CCO[C@H]1c1cncc(-c2cccc(C3CCC3)c2)c1. The van der Waals surface area contributed by atoms with Gasteiger partial charge in [-0.05, 0) is 42.4 Å². The van der Waals surface area contributed by atoms with E-state index in [-0.39, 0.29) is 12.1 Å². The number of nitrogens with zero attached hydrogens (tertiary/aromatic N) is 1. The highest BCUT2D eigenvalue weighted by Crippen LogP contribution is 2.38. The summed E-state index contributed by atoms with van der Waals surface area (Å²) in [4.78, 5) is 4.41. The van der Waals surface area contributed by atoms with Gasteiger partial charge in [0.05, 0.1) is 6.10 Å². The topological polar surface area (TPSA) is 48.1 Å². The maximum absolute atomic E-state index is 6.14. The highest BCUT2D eigenvalue weighted by Gasteiger charge is 2.27. The second-order valence-electron chi connectivity index (χ2n) is 6.50. The number of hydrogen-bond acceptors (Lipinski definition) is 3. The Morgan fingerprint density at radius 1 is 1.00 bits per heavy atom. The molecule has 2 atom stereocenters. The molecule has 22 heavy (non-hydrogen) atoms. The van der Waals surface area contributed by atoms with Gasteiger partial charge >= 0.3 is 0 Å². The van der Waals surface area contributed by atoms with Gasteiger partial charge in [-0.1, -0.05) is 30.7 Å². The lowest BCUT2D eigenvalue weighted by Crippen LogP contribution is -2.23. The molecule has 2 aromatic rings. The number of hydrogen-bond donors (Lipinski definition) is 1. The van der Waals surface area contributed by atoms with Gasteiger partial charge in [-0.25, -0.2) is 0 Å². The van der Waals surface area contributed by atoms with Crippen molar-refractivity contribution >= 4 is 0 Å². The first kappa shape index (κ1) is 13.9. The van der Waals surface area contributed by atoms with Crippen LogP contribution in [-0.4, -0.2) is 17.6 Å². The molecule has 1 aromatic heterocycles. The van der Waals surface area contributed by atoms with Crippen LogP contribution in [-0.2, 0) is 4.74 Å². The van der Waals surface area contributed by atoms with Crippen molar-refractivity contribution in [3.8, 4) is 11.1 Å². The van der Waals surface area contributed by atoms with E-state index in [2.05, 4.69) is 35.3 Å². The molecule has 4 rings (SSSR count). The van der Waals surface area contributed by atoms with Crippen molar-refractivity contribution in [1.29, 1.82) is 0 Å². The molecule has 1 saturated carbocycles. The van der Waals surface area contributed by atoms with Crippen LogP contribution in [0.2, 0.25) is 0 Å². The highest BCUT2D eigenvalue weighted by atomic mass is 16.5. The summed E-state index contributed by atoms with van der Waals surface area (Å²) in [5.74, 6) is 0.752. The van der Waals surface area contributed by atoms with Crippen LogP contribution in [0.1, 0.15) is 48.8 Å². The molecular formula is C19H22N2O. The highest BCUT2D eigenvalue weighted by molar-refractivity contribution is 5.64. The normalized spacial score (nSPS) is 25.1. The fourth-order valence-electron chi connectivity index (χ4n) is 3.43. The molecule has 1 aromatic carbocycles. The number of ether oxygens (including phenoxy) is 1. The number of pyridine rings is 1. The molecule has 0 spiro atoms. The Hall–Kier alpha value is -1.71. The van der Waals surface area contributed by atoms with Crippen molar-refractivity contribution in [2.45, 2.75) is 43.7 Å². The molecule has 2 aliphatic rings. The smallest absolute Gasteiger partial charge is 0.0991 e. The molecule has 1 saturated heterocycles. The van der Waals surface area contributed by atoms with Gasteiger partial charge in [0.2, 0.25) is 0 Å². The zero-order valence-electron chi connectivity index (χ0n) is 12.7.